The number of phenolic OH excluding ortho intramolecular Hbond substituents is 1. The summed E-state index contributed by atoms with van der Waals surface area (Å²) in [6, 6.07) is 15.2. The Balaban J connectivity index is 2.03. The van der Waals surface area contributed by atoms with Gasteiger partial charge in [-0.3, -0.25) is 4.40 Å². The van der Waals surface area contributed by atoms with Gasteiger partial charge in [0, 0.05) is 24.2 Å². The van der Waals surface area contributed by atoms with Gasteiger partial charge in [0.2, 0.25) is 0 Å². The van der Waals surface area contributed by atoms with Crippen LogP contribution in [0.1, 0.15) is 0 Å². The van der Waals surface area contributed by atoms with Crippen LogP contribution in [0.4, 0.5) is 11.5 Å². The maximum absolute atomic E-state index is 9.79. The van der Waals surface area contributed by atoms with Gasteiger partial charge in [-0.05, 0) is 24.3 Å². The van der Waals surface area contributed by atoms with E-state index in [0.29, 0.717) is 5.78 Å². The predicted octanol–water partition coefficient (Wildman–Crippen LogP) is 2.75. The Morgan fingerprint density at radius 3 is 2.73 bits per heavy atom. The van der Waals surface area contributed by atoms with Gasteiger partial charge in [-0.1, -0.05) is 18.2 Å². The summed E-state index contributed by atoms with van der Waals surface area (Å²) in [5.74, 6) is 1.46. The van der Waals surface area contributed by atoms with E-state index in [2.05, 4.69) is 15.2 Å². The van der Waals surface area contributed by atoms with E-state index in [0.717, 1.165) is 22.4 Å². The van der Waals surface area contributed by atoms with Crippen LogP contribution in [-0.4, -0.2) is 31.7 Å². The molecule has 0 amide bonds. The zero-order valence-electron chi connectivity index (χ0n) is 11.9. The molecule has 0 aliphatic carbocycles. The van der Waals surface area contributed by atoms with Crippen molar-refractivity contribution < 1.29 is 5.11 Å². The van der Waals surface area contributed by atoms with Crippen LogP contribution in [0, 0.1) is 0 Å². The zero-order chi connectivity index (χ0) is 15.1. The molecule has 0 fully saturated rings. The number of phenols is 1. The number of aromatic hydroxyl groups is 1. The molecule has 1 N–H and O–H groups in total. The van der Waals surface area contributed by atoms with Gasteiger partial charge in [0.1, 0.15) is 17.9 Å². The second-order valence-corrected chi connectivity index (χ2v) is 5.03. The highest BCUT2D eigenvalue weighted by molar-refractivity contribution is 5.94. The molecule has 0 spiro atoms. The van der Waals surface area contributed by atoms with Crippen molar-refractivity contribution in [3.8, 4) is 5.75 Å². The zero-order valence-corrected chi connectivity index (χ0v) is 11.9. The maximum atomic E-state index is 9.79. The summed E-state index contributed by atoms with van der Waals surface area (Å²) in [5, 5.41) is 18.6. The highest BCUT2D eigenvalue weighted by Crippen LogP contribution is 2.31. The summed E-state index contributed by atoms with van der Waals surface area (Å²) >= 11 is 0. The molecule has 6 heteroatoms. The third-order valence-electron chi connectivity index (χ3n) is 3.68. The molecular formula is C16H13N5O. The molecule has 6 nitrogen and oxygen atoms in total. The summed E-state index contributed by atoms with van der Waals surface area (Å²) < 4.78 is 1.76. The van der Waals surface area contributed by atoms with E-state index in [-0.39, 0.29) is 5.75 Å². The molecular weight excluding hydrogens is 278 g/mol. The van der Waals surface area contributed by atoms with Crippen LogP contribution in [0.3, 0.4) is 0 Å². The molecule has 0 aliphatic rings. The van der Waals surface area contributed by atoms with Crippen molar-refractivity contribution in [1.82, 2.24) is 19.6 Å². The largest absolute Gasteiger partial charge is 0.508 e. The van der Waals surface area contributed by atoms with Crippen LogP contribution in [0.25, 0.3) is 16.7 Å². The summed E-state index contributed by atoms with van der Waals surface area (Å²) in [6.45, 7) is 0. The normalized spacial score (nSPS) is 11.1. The minimum absolute atomic E-state index is 0.196. The summed E-state index contributed by atoms with van der Waals surface area (Å²) in [7, 11) is 1.96. The van der Waals surface area contributed by atoms with Gasteiger partial charge in [-0.2, -0.15) is 4.98 Å². The molecule has 0 saturated carbocycles. The smallest absolute Gasteiger partial charge is 0.257 e. The van der Waals surface area contributed by atoms with E-state index in [9.17, 15) is 5.11 Å². The average molecular weight is 291 g/mol. The summed E-state index contributed by atoms with van der Waals surface area (Å²) in [5.41, 5.74) is 1.83. The molecule has 22 heavy (non-hydrogen) atoms. The highest BCUT2D eigenvalue weighted by atomic mass is 16.3. The average Bonchev–Trinajstić information content (AvgIpc) is 3.03. The van der Waals surface area contributed by atoms with Gasteiger partial charge < -0.3 is 10.0 Å². The van der Waals surface area contributed by atoms with Crippen molar-refractivity contribution in [2.24, 2.45) is 0 Å². The standard InChI is InChI=1S/C16H13N5O/c1-20(11-5-3-2-4-6-11)15-13-8-7-12(22)9-14(13)21-10-17-19-16(21)18-15/h2-10,22H,1H3. The number of hydrogen-bond acceptors (Lipinski definition) is 5. The van der Waals surface area contributed by atoms with Crippen molar-refractivity contribution in [3.63, 3.8) is 0 Å². The van der Waals surface area contributed by atoms with E-state index in [1.54, 1.807) is 22.9 Å². The third kappa shape index (κ3) is 1.85. The highest BCUT2D eigenvalue weighted by Gasteiger charge is 2.14. The Kier molecular flexibility index (Phi) is 2.69. The lowest BCUT2D eigenvalue weighted by Gasteiger charge is -2.20. The first-order chi connectivity index (χ1) is 10.7. The van der Waals surface area contributed by atoms with Gasteiger partial charge in [-0.15, -0.1) is 10.2 Å². The lowest BCUT2D eigenvalue weighted by molar-refractivity contribution is 0.476. The fraction of sp³-hybridized carbons (Fsp3) is 0.0625. The molecule has 4 aromatic rings. The second-order valence-electron chi connectivity index (χ2n) is 5.03. The fourth-order valence-electron chi connectivity index (χ4n) is 2.57. The Hall–Kier alpha value is -3.15. The summed E-state index contributed by atoms with van der Waals surface area (Å²) in [4.78, 5) is 6.60. The van der Waals surface area contributed by atoms with Gasteiger partial charge >= 0.3 is 0 Å². The van der Waals surface area contributed by atoms with Crippen LogP contribution in [-0.2, 0) is 0 Å². The maximum Gasteiger partial charge on any atom is 0.257 e. The quantitative estimate of drug-likeness (QED) is 0.615. The van der Waals surface area contributed by atoms with Crippen LogP contribution in [0.2, 0.25) is 0 Å². The van der Waals surface area contributed by atoms with E-state index < -0.39 is 0 Å². The first-order valence-electron chi connectivity index (χ1n) is 6.85. The predicted molar refractivity (Wildman–Crippen MR) is 84.5 cm³/mol. The number of anilines is 2. The van der Waals surface area contributed by atoms with E-state index in [1.165, 1.54) is 0 Å². The first kappa shape index (κ1) is 12.6. The molecule has 2 heterocycles. The minimum Gasteiger partial charge on any atom is -0.508 e. The molecule has 4 rings (SSSR count). The number of nitrogens with zero attached hydrogens (tertiary/aromatic N) is 5. The number of fused-ring (bicyclic) bond motifs is 3. The molecule has 0 unspecified atom stereocenters. The number of hydrogen-bond donors (Lipinski definition) is 1. The van der Waals surface area contributed by atoms with Gasteiger partial charge in [0.25, 0.3) is 5.78 Å². The molecule has 2 aromatic carbocycles. The lowest BCUT2D eigenvalue weighted by atomic mass is 10.2. The van der Waals surface area contributed by atoms with E-state index in [1.807, 2.05) is 48.3 Å². The van der Waals surface area contributed by atoms with Crippen LogP contribution in [0.5, 0.6) is 5.75 Å². The molecule has 0 bridgehead atoms. The Morgan fingerprint density at radius 1 is 1.09 bits per heavy atom. The van der Waals surface area contributed by atoms with Crippen molar-refractivity contribution in [2.75, 3.05) is 11.9 Å². The number of benzene rings is 2. The monoisotopic (exact) mass is 291 g/mol. The molecule has 0 atom stereocenters. The number of rotatable bonds is 2. The molecule has 2 aromatic heterocycles. The second kappa shape index (κ2) is 4.70. The van der Waals surface area contributed by atoms with E-state index >= 15 is 0 Å². The van der Waals surface area contributed by atoms with Crippen LogP contribution >= 0.6 is 0 Å². The van der Waals surface area contributed by atoms with Crippen molar-refractivity contribution in [1.29, 1.82) is 0 Å². The van der Waals surface area contributed by atoms with Crippen molar-refractivity contribution in [2.45, 2.75) is 0 Å². The number of para-hydroxylation sites is 1. The van der Waals surface area contributed by atoms with Gasteiger partial charge in [-0.25, -0.2) is 0 Å². The lowest BCUT2D eigenvalue weighted by Crippen LogP contribution is -2.12. The SMILES string of the molecule is CN(c1ccccc1)c1nc2nncn2c2cc(O)ccc12. The minimum atomic E-state index is 0.196. The molecule has 0 radical (unpaired) electrons. The molecule has 0 aliphatic heterocycles. The number of aromatic nitrogens is 4. The first-order valence-corrected chi connectivity index (χ1v) is 6.85. The van der Waals surface area contributed by atoms with Crippen LogP contribution < -0.4 is 4.90 Å². The Bertz CT molecular complexity index is 964. The third-order valence-corrected chi connectivity index (χ3v) is 3.68. The Morgan fingerprint density at radius 2 is 1.91 bits per heavy atom. The molecule has 108 valence electrons. The molecule has 0 saturated heterocycles. The van der Waals surface area contributed by atoms with Crippen molar-refractivity contribution in [3.05, 3.63) is 54.9 Å². The van der Waals surface area contributed by atoms with Crippen molar-refractivity contribution >= 4 is 28.2 Å². The fourth-order valence-corrected chi connectivity index (χ4v) is 2.57. The van der Waals surface area contributed by atoms with Crippen LogP contribution in [0.15, 0.2) is 54.9 Å². The van der Waals surface area contributed by atoms with Gasteiger partial charge in [0.05, 0.1) is 5.52 Å². The summed E-state index contributed by atoms with van der Waals surface area (Å²) in [6.07, 6.45) is 1.59. The van der Waals surface area contributed by atoms with E-state index in [4.69, 9.17) is 0 Å². The topological polar surface area (TPSA) is 66.6 Å². The van der Waals surface area contributed by atoms with Gasteiger partial charge in [0.15, 0.2) is 0 Å². The Labute approximate surface area is 126 Å².